The number of carboxylic acids is 1. The van der Waals surface area contributed by atoms with Crippen LogP contribution in [0.15, 0.2) is 285 Å². The minimum absolute atomic E-state index is 0.0101. The Morgan fingerprint density at radius 1 is 0.405 bits per heavy atom. The van der Waals surface area contributed by atoms with Gasteiger partial charge in [0.05, 0.1) is 48.9 Å². The molecular weight excluding hydrogens is 1520 g/mol. The highest BCUT2D eigenvalue weighted by Crippen LogP contribution is 2.39. The predicted molar refractivity (Wildman–Crippen MR) is 479 cm³/mol. The molecule has 13 rings (SSSR count). The molecule has 5 amide bonds. The van der Waals surface area contributed by atoms with Crippen molar-refractivity contribution in [1.29, 1.82) is 0 Å². The molecule has 12 aromatic rings. The number of amides is 5. The second kappa shape index (κ2) is 44.3. The highest BCUT2D eigenvalue weighted by Gasteiger charge is 2.28. The first-order valence-electron chi connectivity index (χ1n) is 41.3. The van der Waals surface area contributed by atoms with Gasteiger partial charge in [0.15, 0.2) is 11.5 Å². The van der Waals surface area contributed by atoms with E-state index in [-0.39, 0.29) is 35.0 Å². The zero-order chi connectivity index (χ0) is 85.2. The Kier molecular flexibility index (Phi) is 32.4. The van der Waals surface area contributed by atoms with Crippen molar-refractivity contribution in [3.05, 3.63) is 302 Å². The molecular formula is C101H109N9O11. The van der Waals surface area contributed by atoms with Crippen molar-refractivity contribution in [3.8, 4) is 96.3 Å². The fourth-order valence-electron chi connectivity index (χ4n) is 13.6. The molecule has 5 heterocycles. The van der Waals surface area contributed by atoms with Gasteiger partial charge in [-0.1, -0.05) is 230 Å². The normalized spacial score (nSPS) is 11.7. The van der Waals surface area contributed by atoms with Gasteiger partial charge >= 0.3 is 12.0 Å². The molecule has 20 heteroatoms. The lowest BCUT2D eigenvalue weighted by Gasteiger charge is -2.26. The number of fused-ring (bicyclic) bond motifs is 1. The average Bonchev–Trinajstić information content (AvgIpc) is 1.64. The molecule has 0 aliphatic carbocycles. The molecule has 0 bridgehead atoms. The van der Waals surface area contributed by atoms with Gasteiger partial charge in [0.1, 0.15) is 6.04 Å². The van der Waals surface area contributed by atoms with E-state index >= 15 is 0 Å². The van der Waals surface area contributed by atoms with E-state index in [1.165, 1.54) is 0 Å². The van der Waals surface area contributed by atoms with Crippen molar-refractivity contribution in [2.75, 3.05) is 51.6 Å². The summed E-state index contributed by atoms with van der Waals surface area (Å²) in [5.74, 6) is 1.03. The lowest BCUT2D eigenvalue weighted by molar-refractivity contribution is -0.139. The zero-order valence-corrected chi connectivity index (χ0v) is 70.1. The van der Waals surface area contributed by atoms with Crippen LogP contribution in [0.4, 0.5) is 10.5 Å². The summed E-state index contributed by atoms with van der Waals surface area (Å²) in [5, 5.41) is 23.6. The Morgan fingerprint density at radius 3 is 1.27 bits per heavy atom. The number of hydrogen-bond donors (Lipinski definition) is 6. The number of anilines is 1. The summed E-state index contributed by atoms with van der Waals surface area (Å²) in [7, 11) is 0. The molecule has 121 heavy (non-hydrogen) atoms. The summed E-state index contributed by atoms with van der Waals surface area (Å²) in [4.78, 5) is 79.8. The number of aliphatic carboxylic acids is 1. The van der Waals surface area contributed by atoms with Crippen LogP contribution in [0.2, 0.25) is 0 Å². The maximum absolute atomic E-state index is 12.9. The number of ether oxygens (including phenoxy) is 5. The van der Waals surface area contributed by atoms with Crippen molar-refractivity contribution < 1.29 is 52.8 Å². The van der Waals surface area contributed by atoms with Gasteiger partial charge in [0, 0.05) is 78.2 Å². The Morgan fingerprint density at radius 2 is 0.826 bits per heavy atom. The minimum Gasteiger partial charge on any atom is -0.481 e. The molecule has 1 aliphatic rings. The molecule has 8 aromatic carbocycles. The number of hydrogen-bond acceptors (Lipinski definition) is 14. The number of aromatic nitrogens is 4. The molecule has 1 unspecified atom stereocenters. The molecule has 0 saturated carbocycles. The summed E-state index contributed by atoms with van der Waals surface area (Å²) in [6.45, 7) is 18.2. The number of pyridine rings is 4. The SMILES string of the molecule is CC(C)(CCCCOc1cc(-c2ccccc2)cc(-c2ccccc2)n1)CNC(=O)C(CC(=O)O)NC(=O)c1ccccc1.CC(C)(CCCCOc1cc(-c2ccccc2)cc(-c2ccccc2)n1)CNC(=O)c1cccnc1.Cc1cccc(NC(=O)NCC(C)(C)CCCCOc2cc(-c3ccc4c(c3)OCO4)cc(-c3ccccc3)n2)c1. The van der Waals surface area contributed by atoms with Crippen molar-refractivity contribution in [2.45, 2.75) is 119 Å². The highest BCUT2D eigenvalue weighted by molar-refractivity contribution is 5.98. The number of carbonyl (C=O) groups excluding carboxylic acids is 4. The summed E-state index contributed by atoms with van der Waals surface area (Å²) < 4.78 is 29.5. The topological polar surface area (TPSA) is 263 Å². The van der Waals surface area contributed by atoms with Gasteiger partial charge in [0.2, 0.25) is 30.3 Å². The molecule has 1 atom stereocenters. The van der Waals surface area contributed by atoms with E-state index in [9.17, 15) is 29.1 Å². The van der Waals surface area contributed by atoms with Crippen LogP contribution in [0, 0.1) is 23.2 Å². The van der Waals surface area contributed by atoms with E-state index in [1.54, 1.807) is 54.9 Å². The Hall–Kier alpha value is -13.5. The van der Waals surface area contributed by atoms with Gasteiger partial charge in [-0.2, -0.15) is 0 Å². The summed E-state index contributed by atoms with van der Waals surface area (Å²) >= 11 is 0. The number of benzene rings is 8. The molecule has 4 aromatic heterocycles. The number of nitrogens with zero attached hydrogens (tertiary/aromatic N) is 4. The molecule has 20 nitrogen and oxygen atoms in total. The number of rotatable bonds is 37. The standard InChI is InChI=1S/C36H39N3O5.C34H37N3O4.C31H33N3O2/c1-36(2,25-37-35(43)31(24-33(40)41)39-34(42)28-18-10-5-11-19-28)20-12-13-21-44-32-23-29(26-14-6-3-7-15-26)22-30(38-32)27-16-8-4-9-17-27;1-24-10-9-13-28(18-24)36-33(38)35-22-34(2,3)16-7-8-17-39-32-21-27(19-29(37-32)25-11-5-4-6-12-25)26-14-15-30-31(20-26)41-23-40-30;1-31(2,23-33-30(35)26-16-11-18-32-22-26)17-9-10-19-36-29-21-27(24-12-5-3-6-13-24)20-28(34-29)25-14-7-4-8-15-25/h3-11,14-19,22-23,31H,12-13,20-21,24-25H2,1-2H3,(H,37,43)(H,39,42)(H,40,41);4-6,9-15,18-21H,7-8,16-17,22-23H2,1-3H3,(H2,35,36,38);3-8,11-16,18,20-22H,9-10,17,19,23H2,1-2H3,(H,33,35). The van der Waals surface area contributed by atoms with E-state index < -0.39 is 30.2 Å². The second-order valence-corrected chi connectivity index (χ2v) is 32.4. The van der Waals surface area contributed by atoms with Crippen LogP contribution >= 0.6 is 0 Å². The summed E-state index contributed by atoms with van der Waals surface area (Å²) in [6.07, 6.45) is 10.9. The molecule has 0 fully saturated rings. The van der Waals surface area contributed by atoms with Crippen LogP contribution < -0.4 is 50.3 Å². The number of carbonyl (C=O) groups is 5. The van der Waals surface area contributed by atoms with Crippen molar-refractivity contribution in [2.24, 2.45) is 16.2 Å². The third-order valence-electron chi connectivity index (χ3n) is 20.5. The van der Waals surface area contributed by atoms with Gasteiger partial charge in [-0.05, 0) is 187 Å². The van der Waals surface area contributed by atoms with Gasteiger partial charge < -0.3 is 55.4 Å². The first kappa shape index (κ1) is 88.3. The molecule has 624 valence electrons. The average molecular weight is 1630 g/mol. The zero-order valence-electron chi connectivity index (χ0n) is 70.1. The van der Waals surface area contributed by atoms with Gasteiger partial charge in [-0.25, -0.2) is 19.7 Å². The number of unbranched alkanes of at least 4 members (excludes halogenated alkanes) is 3. The molecule has 0 saturated heterocycles. The van der Waals surface area contributed by atoms with E-state index in [1.807, 2.05) is 197 Å². The smallest absolute Gasteiger partial charge is 0.319 e. The maximum atomic E-state index is 12.9. The van der Waals surface area contributed by atoms with Crippen LogP contribution in [0.3, 0.4) is 0 Å². The van der Waals surface area contributed by atoms with Gasteiger partial charge in [0.25, 0.3) is 11.8 Å². The Balaban J connectivity index is 0.000000178. The third kappa shape index (κ3) is 28.9. The van der Waals surface area contributed by atoms with Crippen LogP contribution in [0.25, 0.3) is 67.2 Å². The fourth-order valence-corrected chi connectivity index (χ4v) is 13.6. The van der Waals surface area contributed by atoms with E-state index in [2.05, 4.69) is 114 Å². The number of carboxylic acid groups (broad SMARTS) is 1. The van der Waals surface area contributed by atoms with Crippen molar-refractivity contribution in [3.63, 3.8) is 0 Å². The van der Waals surface area contributed by atoms with Crippen LogP contribution in [0.5, 0.6) is 29.1 Å². The molecule has 6 N–H and O–H groups in total. The first-order valence-corrected chi connectivity index (χ1v) is 41.3. The predicted octanol–water partition coefficient (Wildman–Crippen LogP) is 21.0. The monoisotopic (exact) mass is 1620 g/mol. The minimum atomic E-state index is -1.18. The second-order valence-electron chi connectivity index (χ2n) is 32.4. The van der Waals surface area contributed by atoms with Crippen molar-refractivity contribution >= 4 is 35.4 Å². The van der Waals surface area contributed by atoms with Crippen LogP contribution in [-0.2, 0) is 9.59 Å². The van der Waals surface area contributed by atoms with E-state index in [0.29, 0.717) is 68.2 Å². The van der Waals surface area contributed by atoms with Crippen molar-refractivity contribution in [1.82, 2.24) is 41.2 Å². The summed E-state index contributed by atoms with van der Waals surface area (Å²) in [6, 6.07) is 87.3. The number of aryl methyl sites for hydroxylation is 1. The Bertz CT molecular complexity index is 5180. The van der Waals surface area contributed by atoms with E-state index in [0.717, 1.165) is 148 Å². The van der Waals surface area contributed by atoms with E-state index in [4.69, 9.17) is 38.6 Å². The molecule has 1 aliphatic heterocycles. The third-order valence-corrected chi connectivity index (χ3v) is 20.5. The number of urea groups is 1. The van der Waals surface area contributed by atoms with Gasteiger partial charge in [-0.3, -0.25) is 24.2 Å². The first-order chi connectivity index (χ1) is 58.5. The largest absolute Gasteiger partial charge is 0.481 e. The van der Waals surface area contributed by atoms with Crippen LogP contribution in [-0.4, -0.2) is 107 Å². The fraction of sp³-hybridized carbons (Fsp3) is 0.277. The maximum Gasteiger partial charge on any atom is 0.319 e. The quantitative estimate of drug-likeness (QED) is 0.0198. The van der Waals surface area contributed by atoms with Crippen LogP contribution in [0.1, 0.15) is 132 Å². The highest BCUT2D eigenvalue weighted by atomic mass is 16.7. The number of nitrogens with one attached hydrogen (secondary N) is 5. The van der Waals surface area contributed by atoms with Gasteiger partial charge in [-0.15, -0.1) is 0 Å². The summed E-state index contributed by atoms with van der Waals surface area (Å²) in [5.41, 5.74) is 14.6. The lowest BCUT2D eigenvalue weighted by atomic mass is 9.87. The Labute approximate surface area is 710 Å². The molecule has 0 radical (unpaired) electrons. The lowest BCUT2D eigenvalue weighted by Crippen LogP contribution is -2.49. The molecule has 0 spiro atoms.